The predicted octanol–water partition coefficient (Wildman–Crippen LogP) is 3.43. The fourth-order valence-corrected chi connectivity index (χ4v) is 3.18. The highest BCUT2D eigenvalue weighted by Crippen LogP contribution is 2.44. The minimum Gasteiger partial charge on any atom is -0.339 e. The van der Waals surface area contributed by atoms with Gasteiger partial charge in [0.25, 0.3) is 0 Å². The Kier molecular flexibility index (Phi) is 4.61. The zero-order chi connectivity index (χ0) is 13.9. The lowest BCUT2D eigenvalue weighted by Gasteiger charge is -2.26. The quantitative estimate of drug-likeness (QED) is 0.856. The molecule has 4 heteroatoms. The summed E-state index contributed by atoms with van der Waals surface area (Å²) in [5.41, 5.74) is 0.150. The van der Waals surface area contributed by atoms with Crippen molar-refractivity contribution in [2.45, 2.75) is 77.8 Å². The number of rotatable bonds is 6. The van der Waals surface area contributed by atoms with Gasteiger partial charge in [-0.05, 0) is 25.2 Å². The zero-order valence-corrected chi connectivity index (χ0v) is 12.7. The summed E-state index contributed by atoms with van der Waals surface area (Å²) in [5.74, 6) is 2.33. The fraction of sp³-hybridized carbons (Fsp3) is 0.867. The Bertz CT molecular complexity index is 392. The molecule has 1 aliphatic rings. The molecule has 0 atom stereocenters. The third kappa shape index (κ3) is 3.56. The molecule has 0 bridgehead atoms. The molecule has 1 fully saturated rings. The third-order valence-corrected chi connectivity index (χ3v) is 3.95. The molecule has 0 radical (unpaired) electrons. The first-order valence-electron chi connectivity index (χ1n) is 7.58. The molecule has 0 saturated heterocycles. The van der Waals surface area contributed by atoms with Crippen LogP contribution >= 0.6 is 0 Å². The van der Waals surface area contributed by atoms with Gasteiger partial charge >= 0.3 is 0 Å². The van der Waals surface area contributed by atoms with Gasteiger partial charge in [-0.1, -0.05) is 45.7 Å². The van der Waals surface area contributed by atoms with E-state index < -0.39 is 0 Å². The smallest absolute Gasteiger partial charge is 0.232 e. The second-order valence-electron chi connectivity index (χ2n) is 6.64. The number of hydrogen-bond donors (Lipinski definition) is 1. The molecular weight excluding hydrogens is 238 g/mol. The van der Waals surface area contributed by atoms with E-state index in [4.69, 9.17) is 4.52 Å². The summed E-state index contributed by atoms with van der Waals surface area (Å²) >= 11 is 0. The molecule has 0 unspecified atom stereocenters. The lowest BCUT2D eigenvalue weighted by Crippen LogP contribution is -2.25. The highest BCUT2D eigenvalue weighted by atomic mass is 16.5. The predicted molar refractivity (Wildman–Crippen MR) is 75.9 cm³/mol. The van der Waals surface area contributed by atoms with Gasteiger partial charge in [-0.15, -0.1) is 0 Å². The Morgan fingerprint density at radius 3 is 2.47 bits per heavy atom. The highest BCUT2D eigenvalue weighted by Gasteiger charge is 2.41. The first kappa shape index (κ1) is 14.5. The van der Waals surface area contributed by atoms with Crippen molar-refractivity contribution in [3.8, 4) is 0 Å². The average Bonchev–Trinajstić information content (AvgIpc) is 2.94. The van der Waals surface area contributed by atoms with Crippen LogP contribution in [-0.2, 0) is 12.0 Å². The van der Waals surface area contributed by atoms with Crippen LogP contribution in [-0.4, -0.2) is 16.2 Å². The van der Waals surface area contributed by atoms with Crippen LogP contribution in [0.1, 0.15) is 71.5 Å². The van der Waals surface area contributed by atoms with E-state index in [-0.39, 0.29) is 5.41 Å². The molecule has 0 amide bonds. The van der Waals surface area contributed by atoms with E-state index in [9.17, 15) is 0 Å². The van der Waals surface area contributed by atoms with Crippen molar-refractivity contribution in [3.63, 3.8) is 0 Å². The molecule has 19 heavy (non-hydrogen) atoms. The minimum atomic E-state index is 0.150. The van der Waals surface area contributed by atoms with Crippen LogP contribution in [0.15, 0.2) is 4.52 Å². The SMILES string of the molecule is CC(C)CC1(c2nc(CNC(C)C)no2)CCCC1. The number of nitrogens with zero attached hydrogens (tertiary/aromatic N) is 2. The fourth-order valence-electron chi connectivity index (χ4n) is 3.18. The topological polar surface area (TPSA) is 51.0 Å². The normalized spacial score (nSPS) is 18.6. The van der Waals surface area contributed by atoms with E-state index in [1.165, 1.54) is 25.7 Å². The van der Waals surface area contributed by atoms with Crippen molar-refractivity contribution >= 4 is 0 Å². The van der Waals surface area contributed by atoms with Gasteiger partial charge in [0.1, 0.15) is 0 Å². The number of nitrogens with one attached hydrogen (secondary N) is 1. The van der Waals surface area contributed by atoms with Crippen molar-refractivity contribution in [1.82, 2.24) is 15.5 Å². The molecule has 1 aromatic heterocycles. The molecule has 1 aromatic rings. The van der Waals surface area contributed by atoms with Crippen LogP contribution in [0.5, 0.6) is 0 Å². The second kappa shape index (κ2) is 6.04. The molecule has 0 aromatic carbocycles. The minimum absolute atomic E-state index is 0.150. The molecule has 108 valence electrons. The van der Waals surface area contributed by atoms with Gasteiger partial charge in [0.15, 0.2) is 5.82 Å². The summed E-state index contributed by atoms with van der Waals surface area (Å²) in [6, 6.07) is 0.443. The van der Waals surface area contributed by atoms with E-state index in [0.29, 0.717) is 18.5 Å². The number of hydrogen-bond acceptors (Lipinski definition) is 4. The lowest BCUT2D eigenvalue weighted by molar-refractivity contribution is 0.243. The van der Waals surface area contributed by atoms with E-state index in [0.717, 1.165) is 18.1 Å². The molecule has 1 aliphatic carbocycles. The molecule has 1 N–H and O–H groups in total. The Labute approximate surface area is 116 Å². The molecule has 1 heterocycles. The molecule has 0 spiro atoms. The molecule has 4 nitrogen and oxygen atoms in total. The van der Waals surface area contributed by atoms with E-state index in [2.05, 4.69) is 43.2 Å². The van der Waals surface area contributed by atoms with Crippen LogP contribution < -0.4 is 5.32 Å². The van der Waals surface area contributed by atoms with Gasteiger partial charge in [-0.3, -0.25) is 0 Å². The van der Waals surface area contributed by atoms with Crippen molar-refractivity contribution in [1.29, 1.82) is 0 Å². The van der Waals surface area contributed by atoms with Gasteiger partial charge in [-0.2, -0.15) is 4.98 Å². The van der Waals surface area contributed by atoms with Crippen LogP contribution in [0.4, 0.5) is 0 Å². The maximum atomic E-state index is 5.58. The van der Waals surface area contributed by atoms with Crippen molar-refractivity contribution in [2.24, 2.45) is 5.92 Å². The van der Waals surface area contributed by atoms with Crippen molar-refractivity contribution in [3.05, 3.63) is 11.7 Å². The average molecular weight is 265 g/mol. The molecule has 0 aliphatic heterocycles. The van der Waals surface area contributed by atoms with Crippen LogP contribution in [0.25, 0.3) is 0 Å². The molecule has 1 saturated carbocycles. The Balaban J connectivity index is 2.10. The monoisotopic (exact) mass is 265 g/mol. The first-order chi connectivity index (χ1) is 9.02. The summed E-state index contributed by atoms with van der Waals surface area (Å²) in [6.07, 6.45) is 6.13. The second-order valence-corrected chi connectivity index (χ2v) is 6.64. The number of aromatic nitrogens is 2. The largest absolute Gasteiger partial charge is 0.339 e. The summed E-state index contributed by atoms with van der Waals surface area (Å²) in [4.78, 5) is 4.65. The summed E-state index contributed by atoms with van der Waals surface area (Å²) < 4.78 is 5.58. The van der Waals surface area contributed by atoms with Gasteiger partial charge in [0, 0.05) is 11.5 Å². The first-order valence-corrected chi connectivity index (χ1v) is 7.58. The summed E-state index contributed by atoms with van der Waals surface area (Å²) in [6.45, 7) is 9.49. The Hall–Kier alpha value is -0.900. The van der Waals surface area contributed by atoms with Gasteiger partial charge in [0.2, 0.25) is 5.89 Å². The highest BCUT2D eigenvalue weighted by molar-refractivity contribution is 5.08. The molecular formula is C15H27N3O. The van der Waals surface area contributed by atoms with Gasteiger partial charge in [0.05, 0.1) is 6.54 Å². The Morgan fingerprint density at radius 1 is 1.21 bits per heavy atom. The summed E-state index contributed by atoms with van der Waals surface area (Å²) in [7, 11) is 0. The van der Waals surface area contributed by atoms with E-state index in [1.54, 1.807) is 0 Å². The van der Waals surface area contributed by atoms with Crippen molar-refractivity contribution in [2.75, 3.05) is 0 Å². The van der Waals surface area contributed by atoms with E-state index in [1.807, 2.05) is 0 Å². The maximum absolute atomic E-state index is 5.58. The lowest BCUT2D eigenvalue weighted by atomic mass is 9.78. The van der Waals surface area contributed by atoms with Crippen LogP contribution in [0.3, 0.4) is 0 Å². The van der Waals surface area contributed by atoms with Crippen molar-refractivity contribution < 1.29 is 4.52 Å². The molecule has 2 rings (SSSR count). The maximum Gasteiger partial charge on any atom is 0.232 e. The van der Waals surface area contributed by atoms with Gasteiger partial charge in [-0.25, -0.2) is 0 Å². The zero-order valence-electron chi connectivity index (χ0n) is 12.7. The van der Waals surface area contributed by atoms with E-state index >= 15 is 0 Å². The van der Waals surface area contributed by atoms with Crippen LogP contribution in [0.2, 0.25) is 0 Å². The summed E-state index contributed by atoms with van der Waals surface area (Å²) in [5, 5.41) is 7.47. The van der Waals surface area contributed by atoms with Gasteiger partial charge < -0.3 is 9.84 Å². The van der Waals surface area contributed by atoms with Crippen LogP contribution in [0, 0.1) is 5.92 Å². The third-order valence-electron chi connectivity index (χ3n) is 3.95. The Morgan fingerprint density at radius 2 is 1.89 bits per heavy atom. The standard InChI is InChI=1S/C15H27N3O/c1-11(2)9-15(7-5-6-8-15)14-17-13(18-19-14)10-16-12(3)4/h11-12,16H,5-10H2,1-4H3.